The van der Waals surface area contributed by atoms with Gasteiger partial charge in [0.05, 0.1) is 15.9 Å². The normalized spacial score (nSPS) is 31.2. The average Bonchev–Trinajstić information content (AvgIpc) is 3.30. The minimum atomic E-state index is -0.635. The van der Waals surface area contributed by atoms with Crippen LogP contribution in [0.25, 0.3) is 0 Å². The molecule has 0 aromatic heterocycles. The van der Waals surface area contributed by atoms with Crippen LogP contribution in [0.2, 0.25) is 0 Å². The summed E-state index contributed by atoms with van der Waals surface area (Å²) in [5.41, 5.74) is 3.43. The molecule has 0 saturated heterocycles. The second-order valence-electron chi connectivity index (χ2n) is 8.20. The summed E-state index contributed by atoms with van der Waals surface area (Å²) < 4.78 is 0. The summed E-state index contributed by atoms with van der Waals surface area (Å²) in [5, 5.41) is 26.5. The van der Waals surface area contributed by atoms with E-state index in [-0.39, 0.29) is 17.1 Å². The Labute approximate surface area is 157 Å². The van der Waals surface area contributed by atoms with E-state index in [9.17, 15) is 20.2 Å². The summed E-state index contributed by atoms with van der Waals surface area (Å²) >= 11 is 0. The standard InChI is InChI=1S/C19H24N4O4/c24-22(25)16-6-7-18(19(11-16)23(26)27)21-20-15-3-1-2-13(10-15)17-9-12-4-5-14(17)8-12/h6-7,11-14,17,21H,1-5,8-10H2. The van der Waals surface area contributed by atoms with E-state index in [0.717, 1.165) is 48.8 Å². The van der Waals surface area contributed by atoms with Crippen molar-refractivity contribution < 1.29 is 9.85 Å². The topological polar surface area (TPSA) is 111 Å². The lowest BCUT2D eigenvalue weighted by Gasteiger charge is -2.33. The molecule has 1 aromatic rings. The van der Waals surface area contributed by atoms with Crippen molar-refractivity contribution in [1.29, 1.82) is 0 Å². The highest BCUT2D eigenvalue weighted by Crippen LogP contribution is 2.53. The molecule has 8 heteroatoms. The molecule has 3 saturated carbocycles. The third-order valence-corrected chi connectivity index (χ3v) is 6.66. The Kier molecular flexibility index (Phi) is 4.80. The quantitative estimate of drug-likeness (QED) is 0.584. The van der Waals surface area contributed by atoms with Gasteiger partial charge < -0.3 is 0 Å². The molecule has 2 bridgehead atoms. The number of non-ortho nitro benzene ring substituents is 1. The molecule has 4 unspecified atom stereocenters. The van der Waals surface area contributed by atoms with E-state index in [0.29, 0.717) is 5.92 Å². The van der Waals surface area contributed by atoms with Crippen molar-refractivity contribution >= 4 is 22.8 Å². The van der Waals surface area contributed by atoms with Crippen LogP contribution in [0.4, 0.5) is 17.1 Å². The molecule has 3 aliphatic rings. The van der Waals surface area contributed by atoms with Gasteiger partial charge in [-0.2, -0.15) is 5.10 Å². The molecule has 0 heterocycles. The highest BCUT2D eigenvalue weighted by Gasteiger charge is 2.43. The van der Waals surface area contributed by atoms with Crippen molar-refractivity contribution in [3.8, 4) is 0 Å². The van der Waals surface area contributed by atoms with Gasteiger partial charge in [-0.15, -0.1) is 0 Å². The fraction of sp³-hybridized carbons (Fsp3) is 0.632. The Morgan fingerprint density at radius 1 is 1.04 bits per heavy atom. The van der Waals surface area contributed by atoms with E-state index in [1.165, 1.54) is 44.2 Å². The molecule has 3 aliphatic carbocycles. The molecule has 27 heavy (non-hydrogen) atoms. The predicted octanol–water partition coefficient (Wildman–Crippen LogP) is 4.90. The first-order chi connectivity index (χ1) is 13.0. The minimum Gasteiger partial charge on any atom is -0.272 e. The van der Waals surface area contributed by atoms with Crippen molar-refractivity contribution in [2.45, 2.75) is 51.4 Å². The number of anilines is 1. The molecule has 0 radical (unpaired) electrons. The van der Waals surface area contributed by atoms with Gasteiger partial charge in [0, 0.05) is 11.8 Å². The van der Waals surface area contributed by atoms with Gasteiger partial charge in [-0.3, -0.25) is 25.7 Å². The Morgan fingerprint density at radius 3 is 2.56 bits per heavy atom. The van der Waals surface area contributed by atoms with Crippen LogP contribution in [-0.4, -0.2) is 15.6 Å². The van der Waals surface area contributed by atoms with Crippen LogP contribution >= 0.6 is 0 Å². The first-order valence-corrected chi connectivity index (χ1v) is 9.75. The van der Waals surface area contributed by atoms with Gasteiger partial charge in [-0.05, 0) is 74.7 Å². The van der Waals surface area contributed by atoms with Crippen LogP contribution in [0.15, 0.2) is 23.3 Å². The summed E-state index contributed by atoms with van der Waals surface area (Å²) in [5.74, 6) is 3.33. The summed E-state index contributed by atoms with van der Waals surface area (Å²) in [6.07, 6.45) is 9.79. The van der Waals surface area contributed by atoms with Gasteiger partial charge >= 0.3 is 5.69 Å². The van der Waals surface area contributed by atoms with Gasteiger partial charge in [0.25, 0.3) is 5.69 Å². The maximum Gasteiger partial charge on any atom is 0.301 e. The second-order valence-corrected chi connectivity index (χ2v) is 8.20. The number of benzene rings is 1. The van der Waals surface area contributed by atoms with Crippen molar-refractivity contribution in [2.75, 3.05) is 5.43 Å². The van der Waals surface area contributed by atoms with E-state index in [2.05, 4.69) is 10.5 Å². The lowest BCUT2D eigenvalue weighted by atomic mass is 9.72. The fourth-order valence-electron chi connectivity index (χ4n) is 5.43. The molecule has 144 valence electrons. The third-order valence-electron chi connectivity index (χ3n) is 6.66. The SMILES string of the molecule is O=[N+]([O-])c1ccc(NN=C2CCCC(C3CC4CCC3C4)C2)c([N+](=O)[O-])c1. The number of hydrazone groups is 1. The summed E-state index contributed by atoms with van der Waals surface area (Å²) in [7, 11) is 0. The van der Waals surface area contributed by atoms with Crippen molar-refractivity contribution in [3.63, 3.8) is 0 Å². The van der Waals surface area contributed by atoms with Gasteiger partial charge in [0.15, 0.2) is 0 Å². The zero-order valence-electron chi connectivity index (χ0n) is 15.2. The number of nitrogens with one attached hydrogen (secondary N) is 1. The lowest BCUT2D eigenvalue weighted by Crippen LogP contribution is -2.27. The highest BCUT2D eigenvalue weighted by atomic mass is 16.6. The monoisotopic (exact) mass is 372 g/mol. The molecule has 0 amide bonds. The number of rotatable bonds is 5. The lowest BCUT2D eigenvalue weighted by molar-refractivity contribution is -0.393. The smallest absolute Gasteiger partial charge is 0.272 e. The van der Waals surface area contributed by atoms with Gasteiger partial charge in [0.2, 0.25) is 0 Å². The number of fused-ring (bicyclic) bond motifs is 2. The highest BCUT2D eigenvalue weighted by molar-refractivity contribution is 5.86. The van der Waals surface area contributed by atoms with Gasteiger partial charge in [-0.1, -0.05) is 6.42 Å². The maximum absolute atomic E-state index is 11.2. The molecule has 4 atom stereocenters. The van der Waals surface area contributed by atoms with Crippen LogP contribution < -0.4 is 5.43 Å². The Morgan fingerprint density at radius 2 is 1.89 bits per heavy atom. The van der Waals surface area contributed by atoms with Crippen LogP contribution in [-0.2, 0) is 0 Å². The molecular formula is C19H24N4O4. The third kappa shape index (κ3) is 3.65. The number of hydrogen-bond acceptors (Lipinski definition) is 6. The molecule has 1 aromatic carbocycles. The summed E-state index contributed by atoms with van der Waals surface area (Å²) in [4.78, 5) is 20.8. The Balaban J connectivity index is 1.46. The molecule has 3 fully saturated rings. The van der Waals surface area contributed by atoms with E-state index < -0.39 is 9.85 Å². The van der Waals surface area contributed by atoms with Crippen molar-refractivity contribution in [2.24, 2.45) is 28.8 Å². The maximum atomic E-state index is 11.2. The number of hydrogen-bond donors (Lipinski definition) is 1. The van der Waals surface area contributed by atoms with Crippen molar-refractivity contribution in [3.05, 3.63) is 38.4 Å². The Bertz CT molecular complexity index is 794. The molecule has 1 N–H and O–H groups in total. The van der Waals surface area contributed by atoms with Crippen molar-refractivity contribution in [1.82, 2.24) is 0 Å². The molecular weight excluding hydrogens is 348 g/mol. The number of nitro groups is 2. The van der Waals surface area contributed by atoms with E-state index in [1.54, 1.807) is 0 Å². The zero-order valence-corrected chi connectivity index (χ0v) is 15.2. The summed E-state index contributed by atoms with van der Waals surface area (Å²) in [6.45, 7) is 0. The van der Waals surface area contributed by atoms with E-state index in [4.69, 9.17) is 0 Å². The van der Waals surface area contributed by atoms with Crippen LogP contribution in [0.3, 0.4) is 0 Å². The van der Waals surface area contributed by atoms with Gasteiger partial charge in [0.1, 0.15) is 5.69 Å². The molecule has 0 spiro atoms. The van der Waals surface area contributed by atoms with Crippen LogP contribution in [0.5, 0.6) is 0 Å². The largest absolute Gasteiger partial charge is 0.301 e. The summed E-state index contributed by atoms with van der Waals surface area (Å²) in [6, 6.07) is 3.59. The Hall–Kier alpha value is -2.51. The van der Waals surface area contributed by atoms with Crippen LogP contribution in [0.1, 0.15) is 51.4 Å². The number of nitrogens with zero attached hydrogens (tertiary/aromatic N) is 3. The molecule has 8 nitrogen and oxygen atoms in total. The second kappa shape index (κ2) is 7.25. The van der Waals surface area contributed by atoms with E-state index >= 15 is 0 Å². The van der Waals surface area contributed by atoms with Crippen LogP contribution in [0, 0.1) is 43.9 Å². The van der Waals surface area contributed by atoms with E-state index in [1.807, 2.05) is 0 Å². The number of nitro benzene ring substituents is 2. The first-order valence-electron chi connectivity index (χ1n) is 9.75. The average molecular weight is 372 g/mol. The first kappa shape index (κ1) is 17.9. The molecule has 0 aliphatic heterocycles. The van der Waals surface area contributed by atoms with Gasteiger partial charge in [-0.25, -0.2) is 0 Å². The fourth-order valence-corrected chi connectivity index (χ4v) is 5.43. The predicted molar refractivity (Wildman–Crippen MR) is 102 cm³/mol. The minimum absolute atomic E-state index is 0.195. The zero-order chi connectivity index (χ0) is 19.0. The molecule has 4 rings (SSSR count).